The van der Waals surface area contributed by atoms with Crippen molar-refractivity contribution in [2.75, 3.05) is 27.4 Å². The predicted molar refractivity (Wildman–Crippen MR) is 38.2 cm³/mol. The molecule has 0 saturated carbocycles. The Morgan fingerprint density at radius 2 is 2.45 bits per heavy atom. The lowest BCUT2D eigenvalue weighted by atomic mass is 10.3. The highest BCUT2D eigenvalue weighted by Crippen LogP contribution is 2.08. The first-order valence-electron chi connectivity index (χ1n) is 3.42. The highest BCUT2D eigenvalue weighted by molar-refractivity contribution is 5.75. The third-order valence-electron chi connectivity index (χ3n) is 1.73. The van der Waals surface area contributed by atoms with Gasteiger partial charge in [0.05, 0.1) is 14.2 Å². The van der Waals surface area contributed by atoms with E-state index in [9.17, 15) is 10.0 Å². The van der Waals surface area contributed by atoms with Gasteiger partial charge in [-0.05, 0) is 0 Å². The summed E-state index contributed by atoms with van der Waals surface area (Å²) in [7, 11) is 2.84. The van der Waals surface area contributed by atoms with E-state index >= 15 is 0 Å². The molecule has 1 heterocycles. The number of hydrogen-bond acceptors (Lipinski definition) is 4. The number of nitrogens with zero attached hydrogens (tertiary/aromatic N) is 1. The van der Waals surface area contributed by atoms with Crippen LogP contribution in [0.1, 0.15) is 0 Å². The summed E-state index contributed by atoms with van der Waals surface area (Å²) < 4.78 is 4.06. The van der Waals surface area contributed by atoms with Gasteiger partial charge in [0.2, 0.25) is 0 Å². The Kier molecular flexibility index (Phi) is 2.12. The SMILES string of the molecule is COC(=O)C1C[N+](C)([O-])CN1. The molecule has 0 spiro atoms. The van der Waals surface area contributed by atoms with Crippen molar-refractivity contribution in [2.45, 2.75) is 6.04 Å². The molecule has 5 nitrogen and oxygen atoms in total. The van der Waals surface area contributed by atoms with Crippen LogP contribution in [0.5, 0.6) is 0 Å². The van der Waals surface area contributed by atoms with Crippen molar-refractivity contribution in [2.24, 2.45) is 0 Å². The second-order valence-electron chi connectivity index (χ2n) is 2.92. The van der Waals surface area contributed by atoms with Gasteiger partial charge in [-0.3, -0.25) is 10.1 Å². The maximum absolute atomic E-state index is 11.2. The molecule has 0 bridgehead atoms. The molecule has 11 heavy (non-hydrogen) atoms. The molecule has 1 aliphatic heterocycles. The fraction of sp³-hybridized carbons (Fsp3) is 0.833. The molecule has 5 heteroatoms. The number of esters is 1. The van der Waals surface area contributed by atoms with Gasteiger partial charge in [-0.25, -0.2) is 0 Å². The minimum atomic E-state index is -0.428. The number of rotatable bonds is 1. The predicted octanol–water partition coefficient (Wildman–Crippen LogP) is -0.967. The molecule has 2 unspecified atom stereocenters. The molecule has 0 aromatic carbocycles. The fourth-order valence-corrected chi connectivity index (χ4v) is 1.12. The number of carbonyl (C=O) groups excluding carboxylic acids is 1. The summed E-state index contributed by atoms with van der Waals surface area (Å²) in [6.45, 7) is 0.534. The van der Waals surface area contributed by atoms with Crippen molar-refractivity contribution >= 4 is 5.97 Å². The smallest absolute Gasteiger partial charge is 0.328 e. The topological polar surface area (TPSA) is 61.4 Å². The van der Waals surface area contributed by atoms with Gasteiger partial charge in [0.25, 0.3) is 0 Å². The molecule has 0 amide bonds. The molecule has 2 atom stereocenters. The first-order chi connectivity index (χ1) is 5.05. The van der Waals surface area contributed by atoms with Gasteiger partial charge in [0.1, 0.15) is 13.2 Å². The van der Waals surface area contributed by atoms with Crippen molar-refractivity contribution in [3.63, 3.8) is 0 Å². The minimum Gasteiger partial charge on any atom is -0.632 e. The Labute approximate surface area is 65.1 Å². The summed E-state index contributed by atoms with van der Waals surface area (Å²) in [6, 6.07) is -0.428. The molecule has 1 N–H and O–H groups in total. The largest absolute Gasteiger partial charge is 0.632 e. The summed E-state index contributed by atoms with van der Waals surface area (Å²) >= 11 is 0. The van der Waals surface area contributed by atoms with Crippen molar-refractivity contribution in [1.29, 1.82) is 0 Å². The quantitative estimate of drug-likeness (QED) is 0.304. The number of carbonyl (C=O) groups is 1. The number of hydroxylamine groups is 3. The summed E-state index contributed by atoms with van der Waals surface area (Å²) in [4.78, 5) is 10.9. The Hall–Kier alpha value is -0.650. The zero-order valence-corrected chi connectivity index (χ0v) is 6.66. The third kappa shape index (κ3) is 1.89. The number of hydrogen-bond donors (Lipinski definition) is 1. The monoisotopic (exact) mass is 160 g/mol. The van der Waals surface area contributed by atoms with E-state index in [0.29, 0.717) is 0 Å². The molecule has 0 aliphatic carbocycles. The molecule has 1 rings (SSSR count). The summed E-state index contributed by atoms with van der Waals surface area (Å²) in [5, 5.41) is 14.0. The van der Waals surface area contributed by atoms with Gasteiger partial charge in [-0.15, -0.1) is 0 Å². The highest BCUT2D eigenvalue weighted by atomic mass is 16.6. The van der Waals surface area contributed by atoms with E-state index in [1.807, 2.05) is 0 Å². The van der Waals surface area contributed by atoms with Crippen LogP contribution in [-0.4, -0.2) is 44.0 Å². The Balaban J connectivity index is 2.48. The first kappa shape index (κ1) is 8.45. The lowest BCUT2D eigenvalue weighted by molar-refractivity contribution is -0.848. The third-order valence-corrected chi connectivity index (χ3v) is 1.73. The van der Waals surface area contributed by atoms with E-state index in [0.717, 1.165) is 0 Å². The van der Waals surface area contributed by atoms with Crippen molar-refractivity contribution in [3.05, 3.63) is 5.21 Å². The normalized spacial score (nSPS) is 37.2. The maximum Gasteiger partial charge on any atom is 0.328 e. The number of nitrogens with one attached hydrogen (secondary N) is 1. The fourth-order valence-electron chi connectivity index (χ4n) is 1.12. The summed E-state index contributed by atoms with van der Waals surface area (Å²) in [6.07, 6.45) is 0. The van der Waals surface area contributed by atoms with Crippen LogP contribution in [-0.2, 0) is 9.53 Å². The molecular formula is C6H12N2O3. The van der Waals surface area contributed by atoms with Crippen molar-refractivity contribution in [3.8, 4) is 0 Å². The molecule has 0 aromatic rings. The van der Waals surface area contributed by atoms with E-state index in [1.54, 1.807) is 0 Å². The van der Waals surface area contributed by atoms with Gasteiger partial charge in [-0.1, -0.05) is 0 Å². The number of quaternary nitrogens is 1. The Morgan fingerprint density at radius 3 is 2.82 bits per heavy atom. The lowest BCUT2D eigenvalue weighted by Gasteiger charge is -2.32. The van der Waals surface area contributed by atoms with E-state index in [2.05, 4.69) is 10.1 Å². The van der Waals surface area contributed by atoms with Crippen LogP contribution >= 0.6 is 0 Å². The average molecular weight is 160 g/mol. The molecule has 0 radical (unpaired) electrons. The van der Waals surface area contributed by atoms with Gasteiger partial charge in [-0.2, -0.15) is 0 Å². The molecule has 1 saturated heterocycles. The van der Waals surface area contributed by atoms with E-state index in [1.165, 1.54) is 14.2 Å². The Bertz CT molecular complexity index is 169. The first-order valence-corrected chi connectivity index (χ1v) is 3.42. The van der Waals surface area contributed by atoms with Crippen LogP contribution in [0.15, 0.2) is 0 Å². The van der Waals surface area contributed by atoms with Crippen LogP contribution in [0.2, 0.25) is 0 Å². The average Bonchev–Trinajstić information content (AvgIpc) is 2.29. The second kappa shape index (κ2) is 2.77. The number of methoxy groups -OCH3 is 1. The van der Waals surface area contributed by atoms with E-state index in [-0.39, 0.29) is 19.2 Å². The second-order valence-corrected chi connectivity index (χ2v) is 2.92. The lowest BCUT2D eigenvalue weighted by Crippen LogP contribution is -2.37. The standard InChI is InChI=1S/C6H12N2O3/c1-8(10)3-5(7-4-8)6(9)11-2/h5,7H,3-4H2,1-2H3. The summed E-state index contributed by atoms with van der Waals surface area (Å²) in [5.74, 6) is -0.359. The molecule has 1 fully saturated rings. The van der Waals surface area contributed by atoms with Gasteiger partial charge >= 0.3 is 5.97 Å². The van der Waals surface area contributed by atoms with Crippen LogP contribution in [0.4, 0.5) is 0 Å². The van der Waals surface area contributed by atoms with Crippen molar-refractivity contribution < 1.29 is 14.2 Å². The number of ether oxygens (including phenoxy) is 1. The van der Waals surface area contributed by atoms with Crippen LogP contribution in [0.25, 0.3) is 0 Å². The summed E-state index contributed by atoms with van der Waals surface area (Å²) in [5.41, 5.74) is 0. The highest BCUT2D eigenvalue weighted by Gasteiger charge is 2.33. The van der Waals surface area contributed by atoms with Gasteiger partial charge in [0.15, 0.2) is 6.04 Å². The van der Waals surface area contributed by atoms with Gasteiger partial charge < -0.3 is 14.6 Å². The Morgan fingerprint density at radius 1 is 1.82 bits per heavy atom. The van der Waals surface area contributed by atoms with E-state index in [4.69, 9.17) is 0 Å². The molecule has 64 valence electrons. The van der Waals surface area contributed by atoms with Gasteiger partial charge in [0, 0.05) is 0 Å². The van der Waals surface area contributed by atoms with Crippen LogP contribution in [0, 0.1) is 5.21 Å². The molecular weight excluding hydrogens is 148 g/mol. The number of likely N-dealkylation sites (N-methyl/N-ethyl adjacent to an activating group) is 1. The van der Waals surface area contributed by atoms with Crippen molar-refractivity contribution in [1.82, 2.24) is 5.32 Å². The van der Waals surface area contributed by atoms with Crippen LogP contribution in [0.3, 0.4) is 0 Å². The zero-order valence-electron chi connectivity index (χ0n) is 6.66. The molecule has 1 aliphatic rings. The maximum atomic E-state index is 11.2. The van der Waals surface area contributed by atoms with Crippen LogP contribution < -0.4 is 5.32 Å². The zero-order chi connectivity index (χ0) is 8.48. The van der Waals surface area contributed by atoms with E-state index < -0.39 is 10.7 Å². The minimum absolute atomic E-state index is 0.257. The molecule has 0 aromatic heterocycles.